The summed E-state index contributed by atoms with van der Waals surface area (Å²) in [6.07, 6.45) is 1.86. The number of nitriles is 1. The highest BCUT2D eigenvalue weighted by atomic mass is 32.1. The van der Waals surface area contributed by atoms with Gasteiger partial charge >= 0.3 is 0 Å². The summed E-state index contributed by atoms with van der Waals surface area (Å²) in [6, 6.07) is 29.2. The van der Waals surface area contributed by atoms with Crippen molar-refractivity contribution in [2.45, 2.75) is 0 Å². The Morgan fingerprint density at radius 3 is 2.31 bits per heavy atom. The number of aryl methyl sites for hydroxylation is 1. The van der Waals surface area contributed by atoms with E-state index in [1.54, 1.807) is 4.57 Å². The molecule has 0 radical (unpaired) electrons. The molecule has 6 heteroatoms. The van der Waals surface area contributed by atoms with E-state index >= 15 is 0 Å². The van der Waals surface area contributed by atoms with Crippen molar-refractivity contribution < 1.29 is 0 Å². The van der Waals surface area contributed by atoms with Crippen LogP contribution < -0.4 is 14.8 Å². The molecular formula is C26H18N4OS. The first kappa shape index (κ1) is 19.7. The van der Waals surface area contributed by atoms with Crippen LogP contribution in [0.15, 0.2) is 89.7 Å². The van der Waals surface area contributed by atoms with Gasteiger partial charge in [-0.1, -0.05) is 60.7 Å². The van der Waals surface area contributed by atoms with Crippen LogP contribution in [0.25, 0.3) is 28.4 Å². The third kappa shape index (κ3) is 3.35. The van der Waals surface area contributed by atoms with Crippen LogP contribution in [0, 0.1) is 11.3 Å². The standard InChI is InChI=1S/C26H18N4OS/c1-29-22-15-9-8-14-21(22)28-24(29)20(17-27)26-30(19-12-6-3-7-13-19)25(31)23(32-26)16-18-10-4-2-5-11-18/h2-16H,1H3/b23-16+,26-20-. The number of nitrogens with zero attached hydrogens (tertiary/aromatic N) is 4. The van der Waals surface area contributed by atoms with E-state index in [1.165, 1.54) is 11.3 Å². The quantitative estimate of drug-likeness (QED) is 0.438. The molecule has 0 N–H and O–H groups in total. The maximum Gasteiger partial charge on any atom is 0.273 e. The van der Waals surface area contributed by atoms with E-state index < -0.39 is 0 Å². The highest BCUT2D eigenvalue weighted by molar-refractivity contribution is 7.07. The lowest BCUT2D eigenvalue weighted by Gasteiger charge is -2.04. The van der Waals surface area contributed by atoms with Crippen LogP contribution in [0.4, 0.5) is 0 Å². The minimum absolute atomic E-state index is 0.161. The Morgan fingerprint density at radius 1 is 0.969 bits per heavy atom. The fourth-order valence-corrected chi connectivity index (χ4v) is 4.83. The largest absolute Gasteiger partial charge is 0.326 e. The van der Waals surface area contributed by atoms with Crippen LogP contribution in [0.1, 0.15) is 11.4 Å². The number of hydrogen-bond donors (Lipinski definition) is 0. The summed E-state index contributed by atoms with van der Waals surface area (Å²) in [7, 11) is 1.89. The minimum Gasteiger partial charge on any atom is -0.326 e. The van der Waals surface area contributed by atoms with Crippen molar-refractivity contribution in [1.29, 1.82) is 5.26 Å². The number of rotatable bonds is 3. The number of fused-ring (bicyclic) bond motifs is 1. The van der Waals surface area contributed by atoms with Gasteiger partial charge in [-0.15, -0.1) is 11.3 Å². The highest BCUT2D eigenvalue weighted by Crippen LogP contribution is 2.19. The Kier molecular flexibility index (Phi) is 5.02. The van der Waals surface area contributed by atoms with Crippen molar-refractivity contribution in [3.05, 3.63) is 116 Å². The third-order valence-corrected chi connectivity index (χ3v) is 6.36. The molecule has 0 aliphatic heterocycles. The first-order valence-corrected chi connectivity index (χ1v) is 10.9. The van der Waals surface area contributed by atoms with Crippen LogP contribution in [0.3, 0.4) is 0 Å². The van der Waals surface area contributed by atoms with E-state index in [9.17, 15) is 10.1 Å². The third-order valence-electron chi connectivity index (χ3n) is 5.27. The van der Waals surface area contributed by atoms with Gasteiger partial charge in [0.05, 0.1) is 21.3 Å². The van der Waals surface area contributed by atoms with Crippen molar-refractivity contribution in [2.75, 3.05) is 0 Å². The van der Waals surface area contributed by atoms with E-state index in [2.05, 4.69) is 6.07 Å². The van der Waals surface area contributed by atoms with Crippen molar-refractivity contribution in [2.24, 2.45) is 7.05 Å². The zero-order chi connectivity index (χ0) is 22.1. The Labute approximate surface area is 188 Å². The van der Waals surface area contributed by atoms with Gasteiger partial charge in [0.15, 0.2) is 5.82 Å². The van der Waals surface area contributed by atoms with Gasteiger partial charge in [-0.3, -0.25) is 9.36 Å². The Hall–Kier alpha value is -4.21. The lowest BCUT2D eigenvalue weighted by atomic mass is 10.2. The Balaban J connectivity index is 1.90. The molecule has 0 saturated carbocycles. The van der Waals surface area contributed by atoms with Crippen LogP contribution in [-0.4, -0.2) is 14.1 Å². The summed E-state index contributed by atoms with van der Waals surface area (Å²) < 4.78 is 4.62. The molecule has 0 bridgehead atoms. The van der Waals surface area contributed by atoms with E-state index in [0.29, 0.717) is 26.3 Å². The first-order valence-electron chi connectivity index (χ1n) is 10.1. The normalized spacial score (nSPS) is 12.7. The smallest absolute Gasteiger partial charge is 0.273 e. The highest BCUT2D eigenvalue weighted by Gasteiger charge is 2.17. The molecule has 2 heterocycles. The predicted octanol–water partition coefficient (Wildman–Crippen LogP) is 3.34. The molecule has 0 atom stereocenters. The van der Waals surface area contributed by atoms with Crippen LogP contribution in [-0.2, 0) is 7.05 Å². The molecule has 5 aromatic rings. The number of para-hydroxylation sites is 3. The molecule has 0 fully saturated rings. The van der Waals surface area contributed by atoms with Crippen LogP contribution in [0.5, 0.6) is 0 Å². The van der Waals surface area contributed by atoms with Crippen molar-refractivity contribution >= 4 is 34.0 Å². The van der Waals surface area contributed by atoms with Crippen molar-refractivity contribution in [3.8, 4) is 11.8 Å². The summed E-state index contributed by atoms with van der Waals surface area (Å²) in [4.78, 5) is 18.2. The molecular weight excluding hydrogens is 416 g/mol. The second kappa shape index (κ2) is 8.14. The fraction of sp³-hybridized carbons (Fsp3) is 0.0385. The second-order valence-corrected chi connectivity index (χ2v) is 8.30. The molecule has 0 spiro atoms. The van der Waals surface area contributed by atoms with Gasteiger partial charge in [0.25, 0.3) is 5.56 Å². The number of hydrogen-bond acceptors (Lipinski definition) is 4. The average molecular weight is 435 g/mol. The number of aromatic nitrogens is 3. The first-order chi connectivity index (χ1) is 15.7. The van der Waals surface area contributed by atoms with E-state index in [0.717, 1.165) is 16.6 Å². The Morgan fingerprint density at radius 2 is 1.62 bits per heavy atom. The molecule has 0 saturated heterocycles. The molecule has 0 unspecified atom stereocenters. The topological polar surface area (TPSA) is 63.6 Å². The number of thiazole rings is 1. The maximum atomic E-state index is 13.5. The maximum absolute atomic E-state index is 13.5. The fourth-order valence-electron chi connectivity index (χ4n) is 3.72. The molecule has 0 aliphatic rings. The monoisotopic (exact) mass is 434 g/mol. The molecule has 0 amide bonds. The molecule has 3 aromatic carbocycles. The predicted molar refractivity (Wildman–Crippen MR) is 128 cm³/mol. The summed E-state index contributed by atoms with van der Waals surface area (Å²) in [5.74, 6) is 0.533. The second-order valence-electron chi connectivity index (χ2n) is 7.27. The van der Waals surface area contributed by atoms with Gasteiger partial charge in [0.2, 0.25) is 0 Å². The summed E-state index contributed by atoms with van der Waals surface area (Å²) >= 11 is 1.30. The van der Waals surface area contributed by atoms with Gasteiger partial charge in [-0.25, -0.2) is 4.98 Å². The minimum atomic E-state index is -0.161. The van der Waals surface area contributed by atoms with Gasteiger partial charge in [-0.2, -0.15) is 5.26 Å². The molecule has 0 aliphatic carbocycles. The molecule has 154 valence electrons. The summed E-state index contributed by atoms with van der Waals surface area (Å²) in [5, 5.41) is 10.2. The zero-order valence-electron chi connectivity index (χ0n) is 17.3. The van der Waals surface area contributed by atoms with Gasteiger partial charge < -0.3 is 4.57 Å². The van der Waals surface area contributed by atoms with Crippen LogP contribution in [0.2, 0.25) is 0 Å². The lowest BCUT2D eigenvalue weighted by molar-refractivity contribution is 0.915. The zero-order valence-corrected chi connectivity index (χ0v) is 18.1. The number of benzene rings is 3. The summed E-state index contributed by atoms with van der Waals surface area (Å²) in [5.41, 5.74) is 3.58. The van der Waals surface area contributed by atoms with E-state index in [4.69, 9.17) is 4.98 Å². The van der Waals surface area contributed by atoms with E-state index in [-0.39, 0.29) is 5.56 Å². The Bertz CT molecular complexity index is 1650. The lowest BCUT2D eigenvalue weighted by Crippen LogP contribution is -2.31. The molecule has 32 heavy (non-hydrogen) atoms. The van der Waals surface area contributed by atoms with Gasteiger partial charge in [-0.05, 0) is 35.9 Å². The van der Waals surface area contributed by atoms with Crippen molar-refractivity contribution in [1.82, 2.24) is 14.1 Å². The summed E-state index contributed by atoms with van der Waals surface area (Å²) in [6.45, 7) is 0. The van der Waals surface area contributed by atoms with Crippen LogP contribution >= 0.6 is 11.3 Å². The molecule has 5 rings (SSSR count). The van der Waals surface area contributed by atoms with Gasteiger partial charge in [0, 0.05) is 7.05 Å². The van der Waals surface area contributed by atoms with E-state index in [1.807, 2.05) is 103 Å². The average Bonchev–Trinajstić information content (AvgIpc) is 3.33. The van der Waals surface area contributed by atoms with Gasteiger partial charge in [0.1, 0.15) is 16.3 Å². The number of imidazole rings is 1. The molecule has 5 nitrogen and oxygen atoms in total. The van der Waals surface area contributed by atoms with Crippen molar-refractivity contribution in [3.63, 3.8) is 0 Å². The SMILES string of the molecule is Cn1c(/C(C#N)=c2\s/c(=C/c3ccccc3)c(=O)n2-c2ccccc2)nc2ccccc21. The molecule has 2 aromatic heterocycles.